The average Bonchev–Trinajstić information content (AvgIpc) is 2.27. The molecule has 0 spiro atoms. The van der Waals surface area contributed by atoms with Crippen molar-refractivity contribution in [2.75, 3.05) is 18.6 Å². The molecule has 0 aliphatic rings. The van der Waals surface area contributed by atoms with Gasteiger partial charge in [-0.05, 0) is 31.2 Å². The molecule has 1 amide bonds. The second-order valence-corrected chi connectivity index (χ2v) is 3.22. The van der Waals surface area contributed by atoms with Crippen molar-refractivity contribution in [2.24, 2.45) is 0 Å². The van der Waals surface area contributed by atoms with Crippen LogP contribution in [0.25, 0.3) is 0 Å². The van der Waals surface area contributed by atoms with Crippen molar-refractivity contribution < 1.29 is 27.4 Å². The molecular weight excluding hydrogens is 251 g/mol. The lowest BCUT2D eigenvalue weighted by atomic mass is 10.3. The highest BCUT2D eigenvalue weighted by molar-refractivity contribution is 5.86. The summed E-state index contributed by atoms with van der Waals surface area (Å²) in [5.74, 6) is -0.356. The molecule has 0 saturated carbocycles. The van der Waals surface area contributed by atoms with Gasteiger partial charge in [0.15, 0.2) is 0 Å². The first-order valence-corrected chi connectivity index (χ1v) is 4.89. The Morgan fingerprint density at radius 1 is 1.33 bits per heavy atom. The van der Waals surface area contributed by atoms with E-state index in [-0.39, 0.29) is 12.4 Å². The molecule has 0 aliphatic carbocycles. The van der Waals surface area contributed by atoms with Crippen LogP contribution >= 0.6 is 0 Å². The number of hydrogen-bond donors (Lipinski definition) is 0. The fourth-order valence-corrected chi connectivity index (χ4v) is 1.16. The normalized spacial score (nSPS) is 10.9. The van der Waals surface area contributed by atoms with Crippen molar-refractivity contribution in [3.05, 3.63) is 31.2 Å². The predicted molar refractivity (Wildman–Crippen MR) is 58.2 cm³/mol. The summed E-state index contributed by atoms with van der Waals surface area (Å²) in [5.41, 5.74) is 0.378. The van der Waals surface area contributed by atoms with Crippen LogP contribution in [0.3, 0.4) is 0 Å². The van der Waals surface area contributed by atoms with Crippen LogP contribution < -0.4 is 9.64 Å². The Bertz CT molecular complexity index is 403. The molecule has 0 N–H and O–H groups in total. The van der Waals surface area contributed by atoms with Crippen LogP contribution in [0.2, 0.25) is 0 Å². The van der Waals surface area contributed by atoms with Crippen LogP contribution in [0.15, 0.2) is 24.3 Å². The first-order valence-electron chi connectivity index (χ1n) is 4.89. The van der Waals surface area contributed by atoms with Gasteiger partial charge in [0.2, 0.25) is 0 Å². The van der Waals surface area contributed by atoms with Crippen LogP contribution in [0.5, 0.6) is 5.75 Å². The lowest BCUT2D eigenvalue weighted by Crippen LogP contribution is -2.27. The molecule has 0 bridgehead atoms. The van der Waals surface area contributed by atoms with Crippen LogP contribution in [-0.4, -0.2) is 26.1 Å². The number of amides is 1. The van der Waals surface area contributed by atoms with Gasteiger partial charge in [0, 0.05) is 12.7 Å². The lowest BCUT2D eigenvalue weighted by molar-refractivity contribution is -0.274. The van der Waals surface area contributed by atoms with Gasteiger partial charge < -0.3 is 9.47 Å². The molecule has 0 atom stereocenters. The zero-order valence-electron chi connectivity index (χ0n) is 9.53. The third-order valence-electron chi connectivity index (χ3n) is 1.96. The van der Waals surface area contributed by atoms with E-state index in [2.05, 4.69) is 16.4 Å². The zero-order chi connectivity index (χ0) is 13.8. The summed E-state index contributed by atoms with van der Waals surface area (Å²) in [6, 6.07) is 4.84. The first kappa shape index (κ1) is 14.1. The van der Waals surface area contributed by atoms with E-state index in [4.69, 9.17) is 0 Å². The number of benzene rings is 1. The van der Waals surface area contributed by atoms with Gasteiger partial charge >= 0.3 is 12.5 Å². The van der Waals surface area contributed by atoms with Crippen molar-refractivity contribution >= 4 is 11.8 Å². The molecule has 0 aliphatic heterocycles. The number of alkyl halides is 3. The summed E-state index contributed by atoms with van der Waals surface area (Å²) in [6.45, 7) is 3.31. The molecule has 4 nitrogen and oxygen atoms in total. The van der Waals surface area contributed by atoms with Gasteiger partial charge in [-0.15, -0.1) is 13.2 Å². The minimum atomic E-state index is -4.74. The molecule has 0 fully saturated rings. The van der Waals surface area contributed by atoms with Crippen molar-refractivity contribution in [3.8, 4) is 5.75 Å². The van der Waals surface area contributed by atoms with E-state index in [0.29, 0.717) is 5.69 Å². The summed E-state index contributed by atoms with van der Waals surface area (Å²) < 4.78 is 44.1. The van der Waals surface area contributed by atoms with E-state index >= 15 is 0 Å². The SMILES string of the molecule is [CH2]COC(=O)N(C)c1ccc(OC(F)(F)F)cc1. The van der Waals surface area contributed by atoms with Gasteiger partial charge in [-0.3, -0.25) is 4.90 Å². The molecule has 1 aromatic carbocycles. The first-order chi connectivity index (χ1) is 8.33. The monoisotopic (exact) mass is 262 g/mol. The third kappa shape index (κ3) is 4.15. The molecule has 0 saturated heterocycles. The number of halogens is 3. The van der Waals surface area contributed by atoms with E-state index < -0.39 is 12.5 Å². The van der Waals surface area contributed by atoms with Crippen LogP contribution in [0, 0.1) is 6.92 Å². The molecule has 0 unspecified atom stereocenters. The second-order valence-electron chi connectivity index (χ2n) is 3.22. The highest BCUT2D eigenvalue weighted by Gasteiger charge is 2.31. The van der Waals surface area contributed by atoms with Gasteiger partial charge in [0.1, 0.15) is 5.75 Å². The molecule has 99 valence electrons. The van der Waals surface area contributed by atoms with Crippen molar-refractivity contribution in [1.29, 1.82) is 0 Å². The van der Waals surface area contributed by atoms with E-state index in [9.17, 15) is 18.0 Å². The minimum Gasteiger partial charge on any atom is -0.449 e. The van der Waals surface area contributed by atoms with Gasteiger partial charge in [0.25, 0.3) is 0 Å². The summed E-state index contributed by atoms with van der Waals surface area (Å²) in [4.78, 5) is 12.5. The molecule has 0 heterocycles. The van der Waals surface area contributed by atoms with Gasteiger partial charge in [-0.2, -0.15) is 0 Å². The Hall–Kier alpha value is -1.92. The average molecular weight is 262 g/mol. The number of hydrogen-bond acceptors (Lipinski definition) is 3. The Kier molecular flexibility index (Phi) is 4.41. The molecule has 1 rings (SSSR count). The Balaban J connectivity index is 2.73. The maximum atomic E-state index is 11.9. The Labute approximate surface area is 102 Å². The number of carbonyl (C=O) groups is 1. The summed E-state index contributed by atoms with van der Waals surface area (Å²) in [6.07, 6.45) is -5.38. The van der Waals surface area contributed by atoms with Crippen molar-refractivity contribution in [3.63, 3.8) is 0 Å². The quantitative estimate of drug-likeness (QED) is 0.840. The van der Waals surface area contributed by atoms with E-state index in [1.54, 1.807) is 0 Å². The predicted octanol–water partition coefficient (Wildman–Crippen LogP) is 2.99. The summed E-state index contributed by atoms with van der Waals surface area (Å²) in [5, 5.41) is 0. The molecule has 0 aromatic heterocycles. The van der Waals surface area contributed by atoms with Gasteiger partial charge in [-0.1, -0.05) is 0 Å². The van der Waals surface area contributed by atoms with E-state index in [1.807, 2.05) is 0 Å². The topological polar surface area (TPSA) is 38.8 Å². The van der Waals surface area contributed by atoms with E-state index in [0.717, 1.165) is 17.0 Å². The standard InChI is InChI=1S/C11H11F3NO3/c1-3-17-10(16)15(2)8-4-6-9(7-5-8)18-11(12,13)14/h4-7H,1,3H2,2H3. The molecule has 1 aromatic rings. The van der Waals surface area contributed by atoms with Crippen LogP contribution in [0.1, 0.15) is 0 Å². The maximum absolute atomic E-state index is 11.9. The largest absolute Gasteiger partial charge is 0.573 e. The molecule has 7 heteroatoms. The highest BCUT2D eigenvalue weighted by Crippen LogP contribution is 2.25. The van der Waals surface area contributed by atoms with Crippen molar-refractivity contribution in [1.82, 2.24) is 0 Å². The highest BCUT2D eigenvalue weighted by atomic mass is 19.4. The molecular formula is C11H11F3NO3. The van der Waals surface area contributed by atoms with Gasteiger partial charge in [0.05, 0.1) is 6.61 Å². The van der Waals surface area contributed by atoms with Crippen LogP contribution in [-0.2, 0) is 4.74 Å². The third-order valence-corrected chi connectivity index (χ3v) is 1.96. The summed E-state index contributed by atoms with van der Waals surface area (Å²) in [7, 11) is 1.43. The number of nitrogens with zero attached hydrogens (tertiary/aromatic N) is 1. The van der Waals surface area contributed by atoms with Crippen molar-refractivity contribution in [2.45, 2.75) is 6.36 Å². The smallest absolute Gasteiger partial charge is 0.449 e. The number of anilines is 1. The fourth-order valence-electron chi connectivity index (χ4n) is 1.16. The Morgan fingerprint density at radius 2 is 1.89 bits per heavy atom. The van der Waals surface area contributed by atoms with Crippen LogP contribution in [0.4, 0.5) is 23.7 Å². The number of rotatable bonds is 3. The lowest BCUT2D eigenvalue weighted by Gasteiger charge is -2.17. The zero-order valence-corrected chi connectivity index (χ0v) is 9.53. The minimum absolute atomic E-state index is 0.0293. The Morgan fingerprint density at radius 3 is 2.33 bits per heavy atom. The summed E-state index contributed by atoms with van der Waals surface area (Å²) >= 11 is 0. The number of ether oxygens (including phenoxy) is 2. The second kappa shape index (κ2) is 5.61. The molecule has 18 heavy (non-hydrogen) atoms. The number of carbonyl (C=O) groups excluding carboxylic acids is 1. The van der Waals surface area contributed by atoms with E-state index in [1.165, 1.54) is 19.2 Å². The fraction of sp³-hybridized carbons (Fsp3) is 0.273. The molecule has 1 radical (unpaired) electrons. The van der Waals surface area contributed by atoms with Gasteiger partial charge in [-0.25, -0.2) is 4.79 Å². The maximum Gasteiger partial charge on any atom is 0.573 e.